The number of aromatic hydroxyl groups is 1. The molecule has 2 heteroatoms. The third-order valence-electron chi connectivity index (χ3n) is 3.04. The third-order valence-corrected chi connectivity index (χ3v) is 3.04. The van der Waals surface area contributed by atoms with Gasteiger partial charge in [-0.2, -0.15) is 0 Å². The second-order valence-corrected chi connectivity index (χ2v) is 4.51. The van der Waals surface area contributed by atoms with Gasteiger partial charge in [0.25, 0.3) is 0 Å². The van der Waals surface area contributed by atoms with Crippen LogP contribution >= 0.6 is 0 Å². The number of hydrogen-bond donors (Lipinski definition) is 1. The molecule has 0 saturated heterocycles. The Bertz CT molecular complexity index is 369. The molecule has 1 aromatic rings. The number of unbranched alkanes of at least 4 members (excludes halogenated alkanes) is 2. The van der Waals surface area contributed by atoms with Crippen LogP contribution in [0.25, 0.3) is 0 Å². The zero-order chi connectivity index (χ0) is 12.7. The SMILES string of the molecule is CCCCc1cc(O)c(C=O)c(CCCC)c1. The monoisotopic (exact) mass is 234 g/mol. The summed E-state index contributed by atoms with van der Waals surface area (Å²) in [5.41, 5.74) is 2.60. The summed E-state index contributed by atoms with van der Waals surface area (Å²) in [5.74, 6) is 0.139. The van der Waals surface area contributed by atoms with Gasteiger partial charge in [0.15, 0.2) is 6.29 Å². The first kappa shape index (κ1) is 13.8. The van der Waals surface area contributed by atoms with Crippen molar-refractivity contribution in [1.82, 2.24) is 0 Å². The number of aldehydes is 1. The van der Waals surface area contributed by atoms with Crippen molar-refractivity contribution in [3.05, 3.63) is 28.8 Å². The molecule has 0 aromatic heterocycles. The minimum absolute atomic E-state index is 0.139. The first-order chi connectivity index (χ1) is 8.22. The summed E-state index contributed by atoms with van der Waals surface area (Å²) in [4.78, 5) is 11.0. The molecule has 1 aromatic carbocycles. The van der Waals surface area contributed by atoms with Crippen LogP contribution in [0.3, 0.4) is 0 Å². The summed E-state index contributed by atoms with van der Waals surface area (Å²) in [5, 5.41) is 9.84. The highest BCUT2D eigenvalue weighted by atomic mass is 16.3. The largest absolute Gasteiger partial charge is 0.507 e. The van der Waals surface area contributed by atoms with Crippen LogP contribution in [-0.2, 0) is 12.8 Å². The lowest BCUT2D eigenvalue weighted by Gasteiger charge is -2.10. The van der Waals surface area contributed by atoms with Crippen LogP contribution in [-0.4, -0.2) is 11.4 Å². The molecule has 1 N–H and O–H groups in total. The quantitative estimate of drug-likeness (QED) is 0.727. The predicted octanol–water partition coefficient (Wildman–Crippen LogP) is 3.89. The average Bonchev–Trinajstić information content (AvgIpc) is 2.33. The van der Waals surface area contributed by atoms with Gasteiger partial charge < -0.3 is 5.11 Å². The van der Waals surface area contributed by atoms with E-state index in [0.29, 0.717) is 5.56 Å². The fourth-order valence-corrected chi connectivity index (χ4v) is 2.00. The van der Waals surface area contributed by atoms with E-state index in [1.165, 1.54) is 0 Å². The Labute approximate surface area is 104 Å². The van der Waals surface area contributed by atoms with E-state index in [9.17, 15) is 9.90 Å². The molecule has 1 rings (SSSR count). The van der Waals surface area contributed by atoms with E-state index >= 15 is 0 Å². The van der Waals surface area contributed by atoms with Crippen molar-refractivity contribution in [3.63, 3.8) is 0 Å². The van der Waals surface area contributed by atoms with E-state index < -0.39 is 0 Å². The first-order valence-corrected chi connectivity index (χ1v) is 6.52. The molecule has 0 atom stereocenters. The van der Waals surface area contributed by atoms with Gasteiger partial charge in [0.2, 0.25) is 0 Å². The van der Waals surface area contributed by atoms with Crippen molar-refractivity contribution < 1.29 is 9.90 Å². The zero-order valence-corrected chi connectivity index (χ0v) is 10.8. The van der Waals surface area contributed by atoms with Crippen molar-refractivity contribution in [3.8, 4) is 5.75 Å². The van der Waals surface area contributed by atoms with E-state index in [4.69, 9.17) is 0 Å². The van der Waals surface area contributed by atoms with Crippen molar-refractivity contribution in [1.29, 1.82) is 0 Å². The number of aryl methyl sites for hydroxylation is 2. The van der Waals surface area contributed by atoms with E-state index in [1.54, 1.807) is 6.07 Å². The highest BCUT2D eigenvalue weighted by Gasteiger charge is 2.09. The van der Waals surface area contributed by atoms with Crippen molar-refractivity contribution in [2.75, 3.05) is 0 Å². The highest BCUT2D eigenvalue weighted by Crippen LogP contribution is 2.24. The molecule has 0 heterocycles. The Morgan fingerprint density at radius 3 is 2.35 bits per heavy atom. The number of carbonyl (C=O) groups excluding carboxylic acids is 1. The zero-order valence-electron chi connectivity index (χ0n) is 10.8. The van der Waals surface area contributed by atoms with Gasteiger partial charge in [0, 0.05) is 0 Å². The molecule has 94 valence electrons. The second kappa shape index (κ2) is 7.10. The van der Waals surface area contributed by atoms with Gasteiger partial charge in [-0.15, -0.1) is 0 Å². The summed E-state index contributed by atoms with van der Waals surface area (Å²) in [7, 11) is 0. The van der Waals surface area contributed by atoms with E-state index in [2.05, 4.69) is 19.9 Å². The third kappa shape index (κ3) is 3.88. The maximum atomic E-state index is 11.0. The Hall–Kier alpha value is -1.31. The van der Waals surface area contributed by atoms with Gasteiger partial charge in [0.1, 0.15) is 5.75 Å². The topological polar surface area (TPSA) is 37.3 Å². The molecule has 0 spiro atoms. The first-order valence-electron chi connectivity index (χ1n) is 6.52. The highest BCUT2D eigenvalue weighted by molar-refractivity contribution is 5.81. The summed E-state index contributed by atoms with van der Waals surface area (Å²) in [6, 6.07) is 3.81. The lowest BCUT2D eigenvalue weighted by atomic mass is 9.97. The molecule has 0 aliphatic heterocycles. The van der Waals surface area contributed by atoms with Gasteiger partial charge in [-0.05, 0) is 42.9 Å². The van der Waals surface area contributed by atoms with Gasteiger partial charge in [0.05, 0.1) is 5.56 Å². The molecule has 0 unspecified atom stereocenters. The van der Waals surface area contributed by atoms with Crippen LogP contribution in [0, 0.1) is 0 Å². The summed E-state index contributed by atoms with van der Waals surface area (Å²) < 4.78 is 0. The number of phenolic OH excluding ortho intramolecular Hbond substituents is 1. The molecule has 0 fully saturated rings. The number of carbonyl (C=O) groups is 1. The van der Waals surface area contributed by atoms with Gasteiger partial charge in [-0.3, -0.25) is 4.79 Å². The summed E-state index contributed by atoms with van der Waals surface area (Å²) >= 11 is 0. The van der Waals surface area contributed by atoms with E-state index in [0.717, 1.165) is 55.9 Å². The summed E-state index contributed by atoms with van der Waals surface area (Å²) in [6.07, 6.45) is 7.02. The normalized spacial score (nSPS) is 10.5. The van der Waals surface area contributed by atoms with E-state index in [-0.39, 0.29) is 5.75 Å². The minimum atomic E-state index is 0.139. The fourth-order valence-electron chi connectivity index (χ4n) is 2.00. The number of rotatable bonds is 7. The molecular formula is C15H22O2. The Balaban J connectivity index is 2.96. The molecule has 17 heavy (non-hydrogen) atoms. The van der Waals surface area contributed by atoms with Gasteiger partial charge >= 0.3 is 0 Å². The molecule has 0 aliphatic rings. The Kier molecular flexibility index (Phi) is 5.75. The fraction of sp³-hybridized carbons (Fsp3) is 0.533. The van der Waals surface area contributed by atoms with Gasteiger partial charge in [-0.25, -0.2) is 0 Å². The van der Waals surface area contributed by atoms with Crippen LogP contribution in [0.4, 0.5) is 0 Å². The number of hydrogen-bond acceptors (Lipinski definition) is 2. The number of phenols is 1. The Morgan fingerprint density at radius 2 is 1.76 bits per heavy atom. The van der Waals surface area contributed by atoms with Crippen LogP contribution in [0.5, 0.6) is 5.75 Å². The van der Waals surface area contributed by atoms with Crippen LogP contribution < -0.4 is 0 Å². The van der Waals surface area contributed by atoms with E-state index in [1.807, 2.05) is 0 Å². The van der Waals surface area contributed by atoms with Crippen molar-refractivity contribution >= 4 is 6.29 Å². The molecule has 0 radical (unpaired) electrons. The predicted molar refractivity (Wildman–Crippen MR) is 70.7 cm³/mol. The molecule has 0 aliphatic carbocycles. The van der Waals surface area contributed by atoms with Crippen molar-refractivity contribution in [2.45, 2.75) is 52.4 Å². The maximum Gasteiger partial charge on any atom is 0.154 e. The number of benzene rings is 1. The Morgan fingerprint density at radius 1 is 1.12 bits per heavy atom. The maximum absolute atomic E-state index is 11.0. The van der Waals surface area contributed by atoms with Crippen LogP contribution in [0.2, 0.25) is 0 Å². The second-order valence-electron chi connectivity index (χ2n) is 4.51. The molecule has 0 saturated carbocycles. The van der Waals surface area contributed by atoms with Crippen molar-refractivity contribution in [2.24, 2.45) is 0 Å². The standard InChI is InChI=1S/C15H22O2/c1-3-5-7-12-9-13(8-6-4-2)14(11-16)15(17)10-12/h9-11,17H,3-8H2,1-2H3. The average molecular weight is 234 g/mol. The molecular weight excluding hydrogens is 212 g/mol. The molecule has 0 bridgehead atoms. The molecule has 2 nitrogen and oxygen atoms in total. The van der Waals surface area contributed by atoms with Crippen LogP contribution in [0.1, 0.15) is 61.0 Å². The van der Waals surface area contributed by atoms with Gasteiger partial charge in [-0.1, -0.05) is 32.8 Å². The lowest BCUT2D eigenvalue weighted by molar-refractivity contribution is 0.112. The minimum Gasteiger partial charge on any atom is -0.507 e. The van der Waals surface area contributed by atoms with Crippen LogP contribution in [0.15, 0.2) is 12.1 Å². The summed E-state index contributed by atoms with van der Waals surface area (Å²) in [6.45, 7) is 4.28. The molecule has 0 amide bonds. The smallest absolute Gasteiger partial charge is 0.154 e. The lowest BCUT2D eigenvalue weighted by Crippen LogP contribution is -1.97.